The van der Waals surface area contributed by atoms with Crippen molar-refractivity contribution in [1.29, 1.82) is 0 Å². The monoisotopic (exact) mass is 330 g/mol. The first-order valence-corrected chi connectivity index (χ1v) is 7.82. The van der Waals surface area contributed by atoms with Crippen LogP contribution in [0.25, 0.3) is 22.8 Å². The van der Waals surface area contributed by atoms with Crippen LogP contribution in [-0.4, -0.2) is 33.1 Å². The minimum Gasteiger partial charge on any atom is -0.379 e. The number of halogens is 1. The molecule has 3 aromatic rings. The molecular formula is C16H15ClN4O2. The normalized spacial score (nSPS) is 17.7. The fourth-order valence-electron chi connectivity index (χ4n) is 2.71. The van der Waals surface area contributed by atoms with E-state index in [0.29, 0.717) is 34.7 Å². The van der Waals surface area contributed by atoms with Gasteiger partial charge in [-0.2, -0.15) is 5.10 Å². The molecular weight excluding hydrogens is 316 g/mol. The number of nitrogens with zero attached hydrogens (tertiary/aromatic N) is 4. The number of aromatic nitrogens is 4. The summed E-state index contributed by atoms with van der Waals surface area (Å²) in [6.07, 6.45) is 0.928. The van der Waals surface area contributed by atoms with E-state index in [0.717, 1.165) is 18.6 Å². The van der Waals surface area contributed by atoms with E-state index in [4.69, 9.17) is 20.9 Å². The summed E-state index contributed by atoms with van der Waals surface area (Å²) in [7, 11) is 0. The molecule has 118 valence electrons. The molecule has 1 aromatic carbocycles. The third-order valence-electron chi connectivity index (χ3n) is 3.86. The molecule has 1 aliphatic rings. The topological polar surface area (TPSA) is 66.0 Å². The first kappa shape index (κ1) is 14.4. The highest BCUT2D eigenvalue weighted by Gasteiger charge is 2.24. The molecule has 1 aliphatic heterocycles. The summed E-state index contributed by atoms with van der Waals surface area (Å²) < 4.78 is 12.8. The Balaban J connectivity index is 1.70. The molecule has 0 bridgehead atoms. The summed E-state index contributed by atoms with van der Waals surface area (Å²) in [4.78, 5) is 4.50. The highest BCUT2D eigenvalue weighted by atomic mass is 35.5. The highest BCUT2D eigenvalue weighted by Crippen LogP contribution is 2.29. The Hall–Kier alpha value is -2.18. The van der Waals surface area contributed by atoms with Crippen LogP contribution in [0.3, 0.4) is 0 Å². The van der Waals surface area contributed by atoms with Gasteiger partial charge in [0.2, 0.25) is 0 Å². The fraction of sp³-hybridized carbons (Fsp3) is 0.312. The number of benzene rings is 1. The van der Waals surface area contributed by atoms with Crippen LogP contribution in [0.5, 0.6) is 0 Å². The molecule has 0 spiro atoms. The predicted molar refractivity (Wildman–Crippen MR) is 85.2 cm³/mol. The van der Waals surface area contributed by atoms with Gasteiger partial charge in [-0.15, -0.1) is 0 Å². The van der Waals surface area contributed by atoms with Crippen molar-refractivity contribution in [3.8, 4) is 22.8 Å². The van der Waals surface area contributed by atoms with Crippen molar-refractivity contribution in [1.82, 2.24) is 19.9 Å². The van der Waals surface area contributed by atoms with Gasteiger partial charge in [0.25, 0.3) is 0 Å². The van der Waals surface area contributed by atoms with Gasteiger partial charge >= 0.3 is 0 Å². The van der Waals surface area contributed by atoms with Gasteiger partial charge in [-0.1, -0.05) is 16.8 Å². The van der Waals surface area contributed by atoms with Gasteiger partial charge in [0.1, 0.15) is 5.82 Å². The van der Waals surface area contributed by atoms with Gasteiger partial charge in [-0.25, -0.2) is 9.67 Å². The van der Waals surface area contributed by atoms with Crippen LogP contribution in [0.2, 0.25) is 5.02 Å². The van der Waals surface area contributed by atoms with Crippen LogP contribution >= 0.6 is 11.6 Å². The van der Waals surface area contributed by atoms with Crippen LogP contribution in [0, 0.1) is 6.92 Å². The van der Waals surface area contributed by atoms with E-state index in [-0.39, 0.29) is 6.04 Å². The zero-order chi connectivity index (χ0) is 15.8. The molecule has 6 nitrogen and oxygen atoms in total. The Morgan fingerprint density at radius 2 is 2.09 bits per heavy atom. The van der Waals surface area contributed by atoms with Gasteiger partial charge < -0.3 is 9.26 Å². The van der Waals surface area contributed by atoms with Crippen molar-refractivity contribution < 1.29 is 9.26 Å². The Morgan fingerprint density at radius 1 is 1.26 bits per heavy atom. The Bertz CT molecular complexity index is 819. The molecule has 0 N–H and O–H groups in total. The lowest BCUT2D eigenvalue weighted by molar-refractivity contribution is 0.184. The quantitative estimate of drug-likeness (QED) is 0.735. The van der Waals surface area contributed by atoms with E-state index in [9.17, 15) is 0 Å². The van der Waals surface area contributed by atoms with Crippen molar-refractivity contribution in [3.63, 3.8) is 0 Å². The summed E-state index contributed by atoms with van der Waals surface area (Å²) in [5.74, 6) is 2.09. The van der Waals surface area contributed by atoms with Gasteiger partial charge in [-0.3, -0.25) is 0 Å². The SMILES string of the molecule is Cc1nc(-c2cc(-c3ccc(Cl)cc3)on2)n(C2CCOC2)n1. The van der Waals surface area contributed by atoms with Crippen molar-refractivity contribution in [3.05, 3.63) is 41.2 Å². The summed E-state index contributed by atoms with van der Waals surface area (Å²) in [5.41, 5.74) is 1.59. The number of aryl methyl sites for hydroxylation is 1. The van der Waals surface area contributed by atoms with Crippen LogP contribution in [0.1, 0.15) is 18.3 Å². The minimum absolute atomic E-state index is 0.196. The smallest absolute Gasteiger partial charge is 0.180 e. The molecule has 1 fully saturated rings. The maximum absolute atomic E-state index is 5.92. The van der Waals surface area contributed by atoms with E-state index < -0.39 is 0 Å². The number of ether oxygens (including phenoxy) is 1. The average molecular weight is 331 g/mol. The Kier molecular flexibility index (Phi) is 3.63. The minimum atomic E-state index is 0.196. The number of rotatable bonds is 3. The second-order valence-electron chi connectivity index (χ2n) is 5.53. The standard InChI is InChI=1S/C16H15ClN4O2/c1-10-18-16(21(19-10)13-6-7-22-9-13)14-8-15(23-20-14)11-2-4-12(17)5-3-11/h2-5,8,13H,6-7,9H2,1H3. The van der Waals surface area contributed by atoms with E-state index in [1.54, 1.807) is 0 Å². The van der Waals surface area contributed by atoms with E-state index in [2.05, 4.69) is 15.2 Å². The number of hydrogen-bond acceptors (Lipinski definition) is 5. The molecule has 23 heavy (non-hydrogen) atoms. The molecule has 0 radical (unpaired) electrons. The van der Waals surface area contributed by atoms with E-state index in [1.807, 2.05) is 41.9 Å². The highest BCUT2D eigenvalue weighted by molar-refractivity contribution is 6.30. The maximum Gasteiger partial charge on any atom is 0.180 e. The molecule has 1 atom stereocenters. The van der Waals surface area contributed by atoms with Crippen molar-refractivity contribution >= 4 is 11.6 Å². The van der Waals surface area contributed by atoms with E-state index in [1.165, 1.54) is 0 Å². The first-order chi connectivity index (χ1) is 11.2. The summed E-state index contributed by atoms with van der Waals surface area (Å²) in [5, 5.41) is 9.33. The van der Waals surface area contributed by atoms with Crippen molar-refractivity contribution in [2.75, 3.05) is 13.2 Å². The molecule has 0 amide bonds. The van der Waals surface area contributed by atoms with Crippen LogP contribution in [0.15, 0.2) is 34.9 Å². The van der Waals surface area contributed by atoms with Gasteiger partial charge in [0.15, 0.2) is 17.3 Å². The zero-order valence-corrected chi connectivity index (χ0v) is 13.3. The second kappa shape index (κ2) is 5.79. The Morgan fingerprint density at radius 3 is 2.83 bits per heavy atom. The second-order valence-corrected chi connectivity index (χ2v) is 5.96. The molecule has 0 aliphatic carbocycles. The van der Waals surface area contributed by atoms with Crippen LogP contribution in [-0.2, 0) is 4.74 Å². The van der Waals surface area contributed by atoms with Gasteiger partial charge in [0.05, 0.1) is 12.6 Å². The largest absolute Gasteiger partial charge is 0.379 e. The fourth-order valence-corrected chi connectivity index (χ4v) is 2.83. The molecule has 1 saturated heterocycles. The van der Waals surface area contributed by atoms with Crippen molar-refractivity contribution in [2.45, 2.75) is 19.4 Å². The summed E-state index contributed by atoms with van der Waals surface area (Å²) >= 11 is 5.92. The van der Waals surface area contributed by atoms with Crippen molar-refractivity contribution in [2.24, 2.45) is 0 Å². The molecule has 1 unspecified atom stereocenters. The van der Waals surface area contributed by atoms with Crippen LogP contribution in [0.4, 0.5) is 0 Å². The zero-order valence-electron chi connectivity index (χ0n) is 12.6. The summed E-state index contributed by atoms with van der Waals surface area (Å²) in [6, 6.07) is 9.50. The molecule has 2 aromatic heterocycles. The molecule has 3 heterocycles. The lowest BCUT2D eigenvalue weighted by Crippen LogP contribution is -2.12. The number of hydrogen-bond donors (Lipinski definition) is 0. The van der Waals surface area contributed by atoms with E-state index >= 15 is 0 Å². The Labute approximate surface area is 138 Å². The predicted octanol–water partition coefficient (Wildman–Crippen LogP) is 3.52. The molecule has 7 heteroatoms. The third kappa shape index (κ3) is 2.75. The third-order valence-corrected chi connectivity index (χ3v) is 4.11. The lowest BCUT2D eigenvalue weighted by atomic mass is 10.1. The van der Waals surface area contributed by atoms with Gasteiger partial charge in [0, 0.05) is 23.3 Å². The maximum atomic E-state index is 5.92. The average Bonchev–Trinajstić information content (AvgIpc) is 3.27. The van der Waals surface area contributed by atoms with Gasteiger partial charge in [-0.05, 0) is 37.6 Å². The summed E-state index contributed by atoms with van der Waals surface area (Å²) in [6.45, 7) is 3.27. The molecule has 0 saturated carbocycles. The first-order valence-electron chi connectivity index (χ1n) is 7.44. The lowest BCUT2D eigenvalue weighted by Gasteiger charge is -2.09. The molecule has 4 rings (SSSR count). The van der Waals surface area contributed by atoms with Crippen LogP contribution < -0.4 is 0 Å².